The van der Waals surface area contributed by atoms with Gasteiger partial charge in [-0.15, -0.1) is 11.3 Å². The number of hydrogen-bond donors (Lipinski definition) is 0. The minimum absolute atomic E-state index is 0.00659. The van der Waals surface area contributed by atoms with Crippen LogP contribution < -0.4 is 11.2 Å². The molecule has 0 saturated carbocycles. The number of aromatic nitrogens is 2. The molecule has 3 heterocycles. The number of aryl methyl sites for hydroxylation is 1. The maximum Gasteiger partial charge on any atom is 0.337 e. The molecule has 8 heteroatoms. The van der Waals surface area contributed by atoms with Crippen LogP contribution in [0.4, 0.5) is 0 Å². The van der Waals surface area contributed by atoms with Crippen molar-refractivity contribution in [1.29, 1.82) is 0 Å². The molecule has 0 unspecified atom stereocenters. The smallest absolute Gasteiger partial charge is 0.337 e. The third kappa shape index (κ3) is 3.69. The van der Waals surface area contributed by atoms with Crippen molar-refractivity contribution >= 4 is 39.1 Å². The average molecular weight is 494 g/mol. The maximum atomic E-state index is 13.8. The van der Waals surface area contributed by atoms with Crippen molar-refractivity contribution in [3.63, 3.8) is 0 Å². The van der Waals surface area contributed by atoms with Gasteiger partial charge >= 0.3 is 5.69 Å². The van der Waals surface area contributed by atoms with Crippen LogP contribution in [0.15, 0.2) is 52.1 Å². The number of carbonyl (C=O) groups is 1. The maximum absolute atomic E-state index is 13.8. The van der Waals surface area contributed by atoms with Gasteiger partial charge in [0.05, 0.1) is 24.2 Å². The van der Waals surface area contributed by atoms with Crippen LogP contribution in [-0.2, 0) is 24.3 Å². The summed E-state index contributed by atoms with van der Waals surface area (Å²) in [7, 11) is 0. The van der Waals surface area contributed by atoms with E-state index in [1.807, 2.05) is 38.1 Å². The second-order valence-corrected chi connectivity index (χ2v) is 10.2. The lowest BCUT2D eigenvalue weighted by atomic mass is 10.1. The SMILES string of the molecule is CC(=O)N1CCc2c(sc3c2c(=O)n(-c2cccc(Cl)c2C)c(=O)n3Cc2ccc(C)cc2)C1. The molecule has 0 bridgehead atoms. The molecular formula is C26H24ClN3O3S. The predicted octanol–water partition coefficient (Wildman–Crippen LogP) is 4.44. The molecule has 0 fully saturated rings. The van der Waals surface area contributed by atoms with E-state index in [1.165, 1.54) is 15.9 Å². The van der Waals surface area contributed by atoms with Gasteiger partial charge in [-0.1, -0.05) is 47.5 Å². The fourth-order valence-corrected chi connectivity index (χ4v) is 6.06. The van der Waals surface area contributed by atoms with E-state index in [1.54, 1.807) is 34.6 Å². The minimum atomic E-state index is -0.398. The largest absolute Gasteiger partial charge is 0.337 e. The molecule has 0 aliphatic carbocycles. The Morgan fingerprint density at radius 1 is 1.09 bits per heavy atom. The van der Waals surface area contributed by atoms with Gasteiger partial charge in [-0.25, -0.2) is 9.36 Å². The molecule has 4 aromatic rings. The molecule has 0 radical (unpaired) electrons. The lowest BCUT2D eigenvalue weighted by Crippen LogP contribution is -2.39. The van der Waals surface area contributed by atoms with E-state index < -0.39 is 5.69 Å². The van der Waals surface area contributed by atoms with Gasteiger partial charge in [0.2, 0.25) is 5.91 Å². The Balaban J connectivity index is 1.82. The molecule has 0 N–H and O–H groups in total. The second kappa shape index (κ2) is 8.56. The number of nitrogens with zero attached hydrogens (tertiary/aromatic N) is 3. The van der Waals surface area contributed by atoms with Crippen molar-refractivity contribution in [1.82, 2.24) is 14.0 Å². The number of halogens is 1. The molecule has 6 nitrogen and oxygen atoms in total. The van der Waals surface area contributed by atoms with Gasteiger partial charge < -0.3 is 4.90 Å². The van der Waals surface area contributed by atoms with Crippen LogP contribution in [0, 0.1) is 13.8 Å². The summed E-state index contributed by atoms with van der Waals surface area (Å²) in [6.07, 6.45) is 0.585. The predicted molar refractivity (Wildman–Crippen MR) is 137 cm³/mol. The average Bonchev–Trinajstić information content (AvgIpc) is 3.19. The Hall–Kier alpha value is -3.16. The summed E-state index contributed by atoms with van der Waals surface area (Å²) in [6.45, 7) is 6.74. The Morgan fingerprint density at radius 3 is 2.53 bits per heavy atom. The van der Waals surface area contributed by atoms with Gasteiger partial charge in [-0.3, -0.25) is 14.2 Å². The summed E-state index contributed by atoms with van der Waals surface area (Å²) in [4.78, 5) is 43.1. The lowest BCUT2D eigenvalue weighted by molar-refractivity contribution is -0.129. The zero-order valence-corrected chi connectivity index (χ0v) is 20.8. The first-order chi connectivity index (χ1) is 16.3. The highest BCUT2D eigenvalue weighted by molar-refractivity contribution is 7.18. The molecule has 34 heavy (non-hydrogen) atoms. The molecule has 0 spiro atoms. The molecule has 2 aromatic heterocycles. The third-order valence-corrected chi connectivity index (χ3v) is 8.16. The first-order valence-corrected chi connectivity index (χ1v) is 12.3. The van der Waals surface area contributed by atoms with Crippen LogP contribution in [0.25, 0.3) is 15.9 Å². The highest BCUT2D eigenvalue weighted by atomic mass is 35.5. The van der Waals surface area contributed by atoms with Crippen LogP contribution >= 0.6 is 22.9 Å². The number of hydrogen-bond acceptors (Lipinski definition) is 4. The normalized spacial score (nSPS) is 13.4. The molecule has 0 atom stereocenters. The summed E-state index contributed by atoms with van der Waals surface area (Å²) in [5, 5.41) is 1.06. The molecule has 174 valence electrons. The fourth-order valence-electron chi connectivity index (χ4n) is 4.54. The van der Waals surface area contributed by atoms with Crippen LogP contribution in [0.1, 0.15) is 34.1 Å². The minimum Gasteiger partial charge on any atom is -0.337 e. The monoisotopic (exact) mass is 493 g/mol. The number of thiophene rings is 1. The summed E-state index contributed by atoms with van der Waals surface area (Å²) >= 11 is 7.79. The van der Waals surface area contributed by atoms with Crippen molar-refractivity contribution in [2.75, 3.05) is 6.54 Å². The molecule has 1 amide bonds. The lowest BCUT2D eigenvalue weighted by Gasteiger charge is -2.25. The number of rotatable bonds is 3. The first kappa shape index (κ1) is 22.6. The van der Waals surface area contributed by atoms with Gasteiger partial charge in [0.1, 0.15) is 4.83 Å². The van der Waals surface area contributed by atoms with E-state index in [0.29, 0.717) is 52.5 Å². The zero-order valence-electron chi connectivity index (χ0n) is 19.2. The van der Waals surface area contributed by atoms with E-state index in [0.717, 1.165) is 21.6 Å². The van der Waals surface area contributed by atoms with Crippen molar-refractivity contribution in [2.45, 2.75) is 40.3 Å². The molecule has 1 aliphatic heterocycles. The quantitative estimate of drug-likeness (QED) is 0.424. The Morgan fingerprint density at radius 2 is 1.82 bits per heavy atom. The highest BCUT2D eigenvalue weighted by Crippen LogP contribution is 2.34. The van der Waals surface area contributed by atoms with Gasteiger partial charge in [0, 0.05) is 23.4 Å². The summed E-state index contributed by atoms with van der Waals surface area (Å²) in [5.74, 6) is 0.00659. The zero-order chi connectivity index (χ0) is 24.1. The third-order valence-electron chi connectivity index (χ3n) is 6.51. The number of fused-ring (bicyclic) bond motifs is 3. The number of benzene rings is 2. The Labute approximate surface area is 205 Å². The summed E-state index contributed by atoms with van der Waals surface area (Å²) in [6, 6.07) is 13.3. The Bertz CT molecular complexity index is 1560. The molecular weight excluding hydrogens is 470 g/mol. The fraction of sp³-hybridized carbons (Fsp3) is 0.269. The van der Waals surface area contributed by atoms with Crippen molar-refractivity contribution < 1.29 is 4.79 Å². The number of amides is 1. The first-order valence-electron chi connectivity index (χ1n) is 11.1. The number of carbonyl (C=O) groups excluding carboxylic acids is 1. The summed E-state index contributed by atoms with van der Waals surface area (Å²) < 4.78 is 2.94. The molecule has 2 aromatic carbocycles. The van der Waals surface area contributed by atoms with Crippen LogP contribution in [0.2, 0.25) is 5.02 Å². The van der Waals surface area contributed by atoms with Crippen molar-refractivity contribution in [3.8, 4) is 5.69 Å². The standard InChI is InChI=1S/C26H24ClN3O3S/c1-15-7-9-18(10-8-15)13-29-25-23(19-11-12-28(17(3)31)14-22(19)34-25)24(32)30(26(29)33)21-6-4-5-20(27)16(21)2/h4-10H,11-14H2,1-3H3. The van der Waals surface area contributed by atoms with E-state index >= 15 is 0 Å². The summed E-state index contributed by atoms with van der Waals surface area (Å²) in [5.41, 5.74) is 3.48. The highest BCUT2D eigenvalue weighted by Gasteiger charge is 2.28. The Kier molecular flexibility index (Phi) is 5.70. The van der Waals surface area contributed by atoms with Crippen molar-refractivity contribution in [2.24, 2.45) is 0 Å². The van der Waals surface area contributed by atoms with E-state index in [2.05, 4.69) is 0 Å². The van der Waals surface area contributed by atoms with E-state index in [4.69, 9.17) is 11.6 Å². The van der Waals surface area contributed by atoms with Gasteiger partial charge in [-0.2, -0.15) is 0 Å². The molecule has 5 rings (SSSR count). The molecule has 1 aliphatic rings. The van der Waals surface area contributed by atoms with E-state index in [9.17, 15) is 14.4 Å². The van der Waals surface area contributed by atoms with Gasteiger partial charge in [-0.05, 0) is 49.1 Å². The topological polar surface area (TPSA) is 64.3 Å². The van der Waals surface area contributed by atoms with Crippen LogP contribution in [-0.4, -0.2) is 26.5 Å². The van der Waals surface area contributed by atoms with Gasteiger partial charge in [0.15, 0.2) is 0 Å². The van der Waals surface area contributed by atoms with Crippen LogP contribution in [0.3, 0.4) is 0 Å². The molecule has 0 saturated heterocycles. The van der Waals surface area contributed by atoms with Crippen LogP contribution in [0.5, 0.6) is 0 Å². The van der Waals surface area contributed by atoms with Crippen molar-refractivity contribution in [3.05, 3.63) is 95.5 Å². The second-order valence-electron chi connectivity index (χ2n) is 8.75. The van der Waals surface area contributed by atoms with Gasteiger partial charge in [0.25, 0.3) is 5.56 Å². The van der Waals surface area contributed by atoms with E-state index in [-0.39, 0.29) is 11.5 Å².